The smallest absolute Gasteiger partial charge is 0.394 e. The van der Waals surface area contributed by atoms with Gasteiger partial charge in [0, 0.05) is 43.0 Å². The largest absolute Gasteiger partial charge is 0.434 e. The van der Waals surface area contributed by atoms with Crippen LogP contribution in [0.25, 0.3) is 11.3 Å². The van der Waals surface area contributed by atoms with Gasteiger partial charge in [-0.05, 0) is 45.4 Å². The van der Waals surface area contributed by atoms with Gasteiger partial charge >= 0.3 is 24.4 Å². The Morgan fingerprint density at radius 1 is 1.27 bits per heavy atom. The zero-order valence-electron chi connectivity index (χ0n) is 23.5. The van der Waals surface area contributed by atoms with Crippen LogP contribution in [0, 0.1) is 18.3 Å². The van der Waals surface area contributed by atoms with E-state index < -0.39 is 47.7 Å². The number of aliphatic hydroxyl groups is 1. The van der Waals surface area contributed by atoms with E-state index in [9.17, 15) is 31.9 Å². The molecule has 2 aromatic heterocycles. The standard InChI is InChI=1S/C26H35F5N4O3.O2S/c1-6-35-21(16(3)20(34-35)22(36)33-14-25(37)9-7-15(2)8-10-25)18-13-32-17(11-19(18)38-23(27)28)12-24(4,5)26(29,30)31;1-3-2/h11,13,15,23,37H,6-10,12,14H2,1-5H3,(H,33,36);. The molecule has 0 bridgehead atoms. The number of amides is 1. The molecule has 0 aromatic carbocycles. The average Bonchev–Trinajstić information content (AvgIpc) is 3.20. The maximum absolute atomic E-state index is 13.4. The average molecular weight is 611 g/mol. The second-order valence-corrected chi connectivity index (χ2v) is 11.0. The molecule has 9 nitrogen and oxygen atoms in total. The van der Waals surface area contributed by atoms with Crippen LogP contribution < -0.4 is 10.1 Å². The minimum atomic E-state index is -4.53. The summed E-state index contributed by atoms with van der Waals surface area (Å²) in [5, 5.41) is 17.9. The zero-order chi connectivity index (χ0) is 31.2. The summed E-state index contributed by atoms with van der Waals surface area (Å²) >= 11 is -0.750. The van der Waals surface area contributed by atoms with Crippen LogP contribution >= 0.6 is 0 Å². The third-order valence-electron chi connectivity index (χ3n) is 7.27. The van der Waals surface area contributed by atoms with Crippen molar-refractivity contribution < 1.29 is 45.0 Å². The Labute approximate surface area is 238 Å². The van der Waals surface area contributed by atoms with Gasteiger partial charge in [0.25, 0.3) is 5.91 Å². The summed E-state index contributed by atoms with van der Waals surface area (Å²) in [5.74, 6) is -0.380. The van der Waals surface area contributed by atoms with Crippen molar-refractivity contribution in [1.29, 1.82) is 0 Å². The van der Waals surface area contributed by atoms with E-state index in [1.807, 2.05) is 0 Å². The van der Waals surface area contributed by atoms with E-state index in [2.05, 4.69) is 27.1 Å². The fourth-order valence-electron chi connectivity index (χ4n) is 4.64. The number of ether oxygens (including phenoxy) is 1. The number of nitrogens with zero attached hydrogens (tertiary/aromatic N) is 3. The van der Waals surface area contributed by atoms with Gasteiger partial charge in [-0.15, -0.1) is 0 Å². The number of carbonyl (C=O) groups is 1. The van der Waals surface area contributed by atoms with Gasteiger partial charge in [-0.1, -0.05) is 20.8 Å². The van der Waals surface area contributed by atoms with Crippen LogP contribution in [0.4, 0.5) is 22.0 Å². The highest BCUT2D eigenvalue weighted by Crippen LogP contribution is 2.41. The number of pyridine rings is 1. The molecule has 0 spiro atoms. The molecule has 1 amide bonds. The Morgan fingerprint density at radius 3 is 2.37 bits per heavy atom. The molecule has 3 rings (SSSR count). The van der Waals surface area contributed by atoms with Crippen molar-refractivity contribution in [2.24, 2.45) is 11.3 Å². The van der Waals surface area contributed by atoms with Crippen LogP contribution in [0.15, 0.2) is 12.3 Å². The van der Waals surface area contributed by atoms with E-state index in [-0.39, 0.29) is 41.5 Å². The van der Waals surface area contributed by atoms with E-state index in [1.165, 1.54) is 10.9 Å². The van der Waals surface area contributed by atoms with Crippen LogP contribution in [-0.4, -0.2) is 59.1 Å². The summed E-state index contributed by atoms with van der Waals surface area (Å²) in [6.45, 7) is 4.53. The van der Waals surface area contributed by atoms with Crippen molar-refractivity contribution in [3.05, 3.63) is 29.2 Å². The van der Waals surface area contributed by atoms with Gasteiger partial charge in [0.05, 0.1) is 22.3 Å². The number of aryl methyl sites for hydroxylation is 1. The van der Waals surface area contributed by atoms with E-state index in [0.29, 0.717) is 24.3 Å². The summed E-state index contributed by atoms with van der Waals surface area (Å²) in [6.07, 6.45) is -1.05. The van der Waals surface area contributed by atoms with Crippen molar-refractivity contribution in [3.63, 3.8) is 0 Å². The van der Waals surface area contributed by atoms with Gasteiger partial charge < -0.3 is 15.2 Å². The van der Waals surface area contributed by atoms with Gasteiger partial charge in [0.2, 0.25) is 0 Å². The van der Waals surface area contributed by atoms with Crippen LogP contribution in [0.2, 0.25) is 0 Å². The van der Waals surface area contributed by atoms with E-state index in [4.69, 9.17) is 8.42 Å². The minimum absolute atomic E-state index is 0.0416. The maximum Gasteiger partial charge on any atom is 0.394 e. The highest BCUT2D eigenvalue weighted by molar-refractivity contribution is 7.51. The lowest BCUT2D eigenvalue weighted by Crippen LogP contribution is -2.45. The first-order valence-corrected chi connectivity index (χ1v) is 13.7. The first kappa shape index (κ1) is 34.3. The number of alkyl halides is 5. The lowest BCUT2D eigenvalue weighted by molar-refractivity contribution is -0.211. The molecule has 2 heterocycles. The molecular weight excluding hydrogens is 575 g/mol. The first-order valence-electron chi connectivity index (χ1n) is 13.0. The zero-order valence-corrected chi connectivity index (χ0v) is 24.3. The second kappa shape index (κ2) is 13.8. The number of nitrogens with one attached hydrogen (secondary N) is 1. The van der Waals surface area contributed by atoms with E-state index in [0.717, 1.165) is 32.8 Å². The number of rotatable bonds is 9. The number of hydrogen-bond donors (Lipinski definition) is 2. The Kier molecular flexibility index (Phi) is 11.5. The lowest BCUT2D eigenvalue weighted by Gasteiger charge is -2.34. The SMILES string of the molecule is CCn1nc(C(=O)NCC2(O)CCC(C)CC2)c(C)c1-c1cnc(CC(C)(C)C(F)(F)F)cc1OC(F)F.O=S=O. The molecule has 1 saturated carbocycles. The maximum atomic E-state index is 13.4. The van der Waals surface area contributed by atoms with Crippen LogP contribution in [-0.2, 0) is 24.5 Å². The number of carbonyl (C=O) groups excluding carboxylic acids is 1. The normalized spacial score (nSPS) is 19.4. The molecule has 230 valence electrons. The van der Waals surface area contributed by atoms with Crippen molar-refractivity contribution in [2.45, 2.75) is 91.7 Å². The van der Waals surface area contributed by atoms with Crippen molar-refractivity contribution in [2.75, 3.05) is 6.54 Å². The highest BCUT2D eigenvalue weighted by atomic mass is 32.1. The summed E-state index contributed by atoms with van der Waals surface area (Å²) in [4.78, 5) is 17.1. The molecule has 1 fully saturated rings. The third kappa shape index (κ3) is 8.77. The molecule has 0 radical (unpaired) electrons. The fraction of sp³-hybridized carbons (Fsp3) is 0.654. The monoisotopic (exact) mass is 610 g/mol. The molecule has 0 saturated heterocycles. The Balaban J connectivity index is 0.00000187. The molecule has 2 N–H and O–H groups in total. The number of aromatic nitrogens is 3. The van der Waals surface area contributed by atoms with Gasteiger partial charge in [0.15, 0.2) is 5.69 Å². The molecule has 41 heavy (non-hydrogen) atoms. The summed E-state index contributed by atoms with van der Waals surface area (Å²) < 4.78 is 89.4. The van der Waals surface area contributed by atoms with Crippen molar-refractivity contribution in [3.8, 4) is 17.0 Å². The Morgan fingerprint density at radius 2 is 1.85 bits per heavy atom. The van der Waals surface area contributed by atoms with Gasteiger partial charge in [-0.25, -0.2) is 0 Å². The minimum Gasteiger partial charge on any atom is -0.434 e. The van der Waals surface area contributed by atoms with E-state index >= 15 is 0 Å². The van der Waals surface area contributed by atoms with Crippen LogP contribution in [0.5, 0.6) is 5.75 Å². The van der Waals surface area contributed by atoms with E-state index in [1.54, 1.807) is 13.8 Å². The Hall–Kier alpha value is -2.94. The predicted molar refractivity (Wildman–Crippen MR) is 140 cm³/mol. The topological polar surface area (TPSA) is 123 Å². The molecule has 0 unspecified atom stereocenters. The van der Waals surface area contributed by atoms with Crippen molar-refractivity contribution >= 4 is 17.5 Å². The molecule has 2 aromatic rings. The molecule has 0 aliphatic heterocycles. The molecular formula is C26H35F5N4O5S. The first-order chi connectivity index (χ1) is 19.0. The van der Waals surface area contributed by atoms with Gasteiger partial charge in [-0.2, -0.15) is 35.5 Å². The third-order valence-corrected chi connectivity index (χ3v) is 7.27. The van der Waals surface area contributed by atoms with Crippen LogP contribution in [0.1, 0.15) is 75.1 Å². The number of hydrogen-bond acceptors (Lipinski definition) is 7. The molecule has 1 aliphatic rings. The summed E-state index contributed by atoms with van der Waals surface area (Å²) in [7, 11) is 0. The van der Waals surface area contributed by atoms with Gasteiger partial charge in [-0.3, -0.25) is 14.5 Å². The van der Waals surface area contributed by atoms with Crippen LogP contribution in [0.3, 0.4) is 0 Å². The molecule has 0 atom stereocenters. The Bertz CT molecular complexity index is 1240. The summed E-state index contributed by atoms with van der Waals surface area (Å²) in [5.41, 5.74) is -2.46. The highest BCUT2D eigenvalue weighted by Gasteiger charge is 2.47. The van der Waals surface area contributed by atoms with Gasteiger partial charge in [0.1, 0.15) is 5.75 Å². The van der Waals surface area contributed by atoms with Crippen molar-refractivity contribution in [1.82, 2.24) is 20.1 Å². The quantitative estimate of drug-likeness (QED) is 0.383. The number of halogens is 5. The lowest BCUT2D eigenvalue weighted by atomic mass is 9.79. The summed E-state index contributed by atoms with van der Waals surface area (Å²) in [6, 6.07) is 1.07. The predicted octanol–water partition coefficient (Wildman–Crippen LogP) is 5.01. The molecule has 1 aliphatic carbocycles. The fourth-order valence-corrected chi connectivity index (χ4v) is 4.64. The molecule has 15 heteroatoms. The second-order valence-electron chi connectivity index (χ2n) is 10.9.